The Morgan fingerprint density at radius 2 is 1.77 bits per heavy atom. The molecule has 8 nitrogen and oxygen atoms in total. The average molecular weight is 358 g/mol. The van der Waals surface area contributed by atoms with E-state index in [0.29, 0.717) is 43.5 Å². The highest BCUT2D eigenvalue weighted by Gasteiger charge is 2.24. The standard InChI is InChI=1S/C18H18N2O6/c1-24-14-3-5-15(6-4-14)26-18(21)13-2-7-16(17(12-13)20(22)23)19-8-10-25-11-9-19/h2-7,12H,8-11H2,1H3. The van der Waals surface area contributed by atoms with E-state index in [1.165, 1.54) is 19.2 Å². The molecule has 0 aromatic heterocycles. The third-order valence-electron chi connectivity index (χ3n) is 4.03. The zero-order chi connectivity index (χ0) is 18.5. The number of hydrogen-bond donors (Lipinski definition) is 0. The summed E-state index contributed by atoms with van der Waals surface area (Å²) in [4.78, 5) is 25.2. The normalized spacial score (nSPS) is 14.0. The van der Waals surface area contributed by atoms with Gasteiger partial charge in [0.2, 0.25) is 0 Å². The molecule has 1 saturated heterocycles. The maximum atomic E-state index is 12.3. The Hall–Kier alpha value is -3.13. The molecule has 1 aliphatic heterocycles. The molecule has 0 radical (unpaired) electrons. The van der Waals surface area contributed by atoms with Gasteiger partial charge in [0.05, 0.1) is 30.8 Å². The van der Waals surface area contributed by atoms with Crippen LogP contribution < -0.4 is 14.4 Å². The van der Waals surface area contributed by atoms with E-state index in [9.17, 15) is 14.9 Å². The summed E-state index contributed by atoms with van der Waals surface area (Å²) in [6.45, 7) is 2.16. The fraction of sp³-hybridized carbons (Fsp3) is 0.278. The van der Waals surface area contributed by atoms with Gasteiger partial charge in [0.25, 0.3) is 5.69 Å². The molecule has 1 heterocycles. The van der Waals surface area contributed by atoms with Crippen molar-refractivity contribution in [1.82, 2.24) is 0 Å². The van der Waals surface area contributed by atoms with Crippen LogP contribution >= 0.6 is 0 Å². The van der Waals surface area contributed by atoms with Gasteiger partial charge in [-0.05, 0) is 36.4 Å². The van der Waals surface area contributed by atoms with Gasteiger partial charge in [-0.25, -0.2) is 4.79 Å². The van der Waals surface area contributed by atoms with E-state index in [1.54, 1.807) is 30.3 Å². The molecule has 8 heteroatoms. The SMILES string of the molecule is COc1ccc(OC(=O)c2ccc(N3CCOCC3)c([N+](=O)[O-])c2)cc1. The zero-order valence-electron chi connectivity index (χ0n) is 14.2. The van der Waals surface area contributed by atoms with E-state index in [0.717, 1.165) is 0 Å². The number of nitro groups is 1. The van der Waals surface area contributed by atoms with Crippen molar-refractivity contribution in [1.29, 1.82) is 0 Å². The van der Waals surface area contributed by atoms with Crippen molar-refractivity contribution < 1.29 is 23.9 Å². The van der Waals surface area contributed by atoms with Crippen LogP contribution in [0.5, 0.6) is 11.5 Å². The van der Waals surface area contributed by atoms with Crippen LogP contribution in [0, 0.1) is 10.1 Å². The Bertz CT molecular complexity index is 800. The van der Waals surface area contributed by atoms with Gasteiger partial charge in [-0.1, -0.05) is 0 Å². The topological polar surface area (TPSA) is 91.1 Å². The number of nitrogens with zero attached hydrogens (tertiary/aromatic N) is 2. The second-order valence-corrected chi connectivity index (χ2v) is 5.63. The Labute approximate surface area is 150 Å². The molecule has 0 aliphatic carbocycles. The number of rotatable bonds is 5. The van der Waals surface area contributed by atoms with Gasteiger partial charge >= 0.3 is 5.97 Å². The molecule has 136 valence electrons. The van der Waals surface area contributed by atoms with Crippen molar-refractivity contribution in [2.24, 2.45) is 0 Å². The van der Waals surface area contributed by atoms with Crippen LogP contribution in [0.3, 0.4) is 0 Å². The summed E-state index contributed by atoms with van der Waals surface area (Å²) in [5, 5.41) is 11.4. The Balaban J connectivity index is 1.81. The fourth-order valence-corrected chi connectivity index (χ4v) is 2.68. The van der Waals surface area contributed by atoms with Crippen molar-refractivity contribution >= 4 is 17.3 Å². The summed E-state index contributed by atoms with van der Waals surface area (Å²) in [5.41, 5.74) is 0.458. The predicted molar refractivity (Wildman–Crippen MR) is 94.1 cm³/mol. The lowest BCUT2D eigenvalue weighted by Crippen LogP contribution is -2.36. The van der Waals surface area contributed by atoms with Gasteiger partial charge in [0.1, 0.15) is 17.2 Å². The number of benzene rings is 2. The molecule has 2 aromatic rings. The highest BCUT2D eigenvalue weighted by Crippen LogP contribution is 2.30. The molecule has 0 unspecified atom stereocenters. The summed E-state index contributed by atoms with van der Waals surface area (Å²) in [5.74, 6) is 0.304. The minimum absolute atomic E-state index is 0.115. The van der Waals surface area contributed by atoms with E-state index in [1.807, 2.05) is 4.90 Å². The molecule has 1 aliphatic rings. The number of carbonyl (C=O) groups is 1. The lowest BCUT2D eigenvalue weighted by molar-refractivity contribution is -0.384. The minimum atomic E-state index is -0.660. The first kappa shape index (κ1) is 17.7. The van der Waals surface area contributed by atoms with Crippen LogP contribution in [-0.4, -0.2) is 44.3 Å². The Morgan fingerprint density at radius 3 is 2.38 bits per heavy atom. The van der Waals surface area contributed by atoms with Crippen LogP contribution in [0.15, 0.2) is 42.5 Å². The molecular formula is C18H18N2O6. The summed E-state index contributed by atoms with van der Waals surface area (Å²) in [7, 11) is 1.54. The Kier molecular flexibility index (Phi) is 5.33. The van der Waals surface area contributed by atoms with Crippen molar-refractivity contribution in [3.63, 3.8) is 0 Å². The molecule has 26 heavy (non-hydrogen) atoms. The van der Waals surface area contributed by atoms with Crippen molar-refractivity contribution in [3.05, 3.63) is 58.1 Å². The lowest BCUT2D eigenvalue weighted by Gasteiger charge is -2.28. The van der Waals surface area contributed by atoms with Crippen molar-refractivity contribution in [2.45, 2.75) is 0 Å². The smallest absolute Gasteiger partial charge is 0.343 e. The monoisotopic (exact) mass is 358 g/mol. The molecule has 2 aromatic carbocycles. The largest absolute Gasteiger partial charge is 0.497 e. The number of ether oxygens (including phenoxy) is 3. The number of anilines is 1. The van der Waals surface area contributed by atoms with Gasteiger partial charge in [-0.15, -0.1) is 0 Å². The third kappa shape index (κ3) is 3.92. The number of nitro benzene ring substituents is 1. The molecule has 0 amide bonds. The average Bonchev–Trinajstić information content (AvgIpc) is 2.68. The predicted octanol–water partition coefficient (Wildman–Crippen LogP) is 2.66. The maximum absolute atomic E-state index is 12.3. The zero-order valence-corrected chi connectivity index (χ0v) is 14.2. The maximum Gasteiger partial charge on any atom is 0.343 e. The molecular weight excluding hydrogens is 340 g/mol. The second kappa shape index (κ2) is 7.83. The van der Waals surface area contributed by atoms with Crippen LogP contribution in [-0.2, 0) is 4.74 Å². The molecule has 0 N–H and O–H groups in total. The van der Waals surface area contributed by atoms with Gasteiger partial charge in [-0.2, -0.15) is 0 Å². The van der Waals surface area contributed by atoms with E-state index < -0.39 is 10.9 Å². The number of carbonyl (C=O) groups excluding carboxylic acids is 1. The van der Waals surface area contributed by atoms with Gasteiger partial charge < -0.3 is 19.1 Å². The highest BCUT2D eigenvalue weighted by molar-refractivity contribution is 5.93. The van der Waals surface area contributed by atoms with Crippen molar-refractivity contribution in [3.8, 4) is 11.5 Å². The molecule has 3 rings (SSSR count). The first-order chi connectivity index (χ1) is 12.6. The van der Waals surface area contributed by atoms with Gasteiger partial charge in [0, 0.05) is 19.2 Å². The van der Waals surface area contributed by atoms with Crippen LogP contribution in [0.4, 0.5) is 11.4 Å². The highest BCUT2D eigenvalue weighted by atomic mass is 16.6. The van der Waals surface area contributed by atoms with Crippen LogP contribution in [0.25, 0.3) is 0 Å². The number of esters is 1. The molecule has 0 spiro atoms. The van der Waals surface area contributed by atoms with Gasteiger partial charge in [0.15, 0.2) is 0 Å². The molecule has 0 bridgehead atoms. The molecule has 1 fully saturated rings. The summed E-state index contributed by atoms with van der Waals surface area (Å²) >= 11 is 0. The molecule has 0 saturated carbocycles. The van der Waals surface area contributed by atoms with E-state index in [4.69, 9.17) is 14.2 Å². The second-order valence-electron chi connectivity index (χ2n) is 5.63. The quantitative estimate of drug-likeness (QED) is 0.351. The number of hydrogen-bond acceptors (Lipinski definition) is 7. The van der Waals surface area contributed by atoms with Crippen LogP contribution in [0.2, 0.25) is 0 Å². The van der Waals surface area contributed by atoms with Crippen LogP contribution in [0.1, 0.15) is 10.4 Å². The Morgan fingerprint density at radius 1 is 1.12 bits per heavy atom. The summed E-state index contributed by atoms with van der Waals surface area (Å²) in [6.07, 6.45) is 0. The lowest BCUT2D eigenvalue weighted by atomic mass is 10.1. The van der Waals surface area contributed by atoms with E-state index in [-0.39, 0.29) is 11.3 Å². The first-order valence-electron chi connectivity index (χ1n) is 8.06. The molecule has 0 atom stereocenters. The first-order valence-corrected chi connectivity index (χ1v) is 8.06. The van der Waals surface area contributed by atoms with Gasteiger partial charge in [-0.3, -0.25) is 10.1 Å². The minimum Gasteiger partial charge on any atom is -0.497 e. The summed E-state index contributed by atoms with van der Waals surface area (Å²) < 4.78 is 15.6. The fourth-order valence-electron chi connectivity index (χ4n) is 2.68. The summed E-state index contributed by atoms with van der Waals surface area (Å²) in [6, 6.07) is 10.9. The van der Waals surface area contributed by atoms with E-state index >= 15 is 0 Å². The van der Waals surface area contributed by atoms with E-state index in [2.05, 4.69) is 0 Å². The third-order valence-corrected chi connectivity index (χ3v) is 4.03. The van der Waals surface area contributed by atoms with Crippen molar-refractivity contribution in [2.75, 3.05) is 38.3 Å². The number of morpholine rings is 1. The number of methoxy groups -OCH3 is 1.